The molecular weight excluding hydrogens is 358 g/mol. The van der Waals surface area contributed by atoms with E-state index in [0.29, 0.717) is 24.6 Å². The van der Waals surface area contributed by atoms with Crippen molar-refractivity contribution in [1.29, 1.82) is 0 Å². The number of benzene rings is 1. The van der Waals surface area contributed by atoms with E-state index in [0.717, 1.165) is 0 Å². The van der Waals surface area contributed by atoms with Gasteiger partial charge in [-0.2, -0.15) is 8.78 Å². The van der Waals surface area contributed by atoms with Gasteiger partial charge < -0.3 is 20.3 Å². The number of aliphatic imine (C=N–C) groups is 1. The molecule has 1 aromatic heterocycles. The third-order valence-corrected chi connectivity index (χ3v) is 4.79. The zero-order valence-corrected chi connectivity index (χ0v) is 15.9. The van der Waals surface area contributed by atoms with Gasteiger partial charge in [0, 0.05) is 30.6 Å². The van der Waals surface area contributed by atoms with Crippen molar-refractivity contribution in [3.05, 3.63) is 52.2 Å². The number of likely N-dealkylation sites (N-methyl/N-ethyl adjacent to an activating group) is 1. The molecular formula is C18H24F2N4OS. The van der Waals surface area contributed by atoms with E-state index in [-0.39, 0.29) is 11.8 Å². The average molecular weight is 382 g/mol. The summed E-state index contributed by atoms with van der Waals surface area (Å²) >= 11 is 1.71. The van der Waals surface area contributed by atoms with Crippen LogP contribution in [-0.2, 0) is 6.54 Å². The Balaban J connectivity index is 1.94. The normalized spacial score (nSPS) is 13.1. The fraction of sp³-hybridized carbons (Fsp3) is 0.389. The van der Waals surface area contributed by atoms with E-state index in [9.17, 15) is 8.78 Å². The van der Waals surface area contributed by atoms with Crippen LogP contribution in [0.3, 0.4) is 0 Å². The molecule has 0 radical (unpaired) electrons. The Hall–Kier alpha value is -2.19. The van der Waals surface area contributed by atoms with Crippen LogP contribution in [-0.4, -0.2) is 45.2 Å². The van der Waals surface area contributed by atoms with E-state index in [1.54, 1.807) is 36.6 Å². The summed E-state index contributed by atoms with van der Waals surface area (Å²) in [6.45, 7) is -1.85. The van der Waals surface area contributed by atoms with Crippen LogP contribution in [0, 0.1) is 0 Å². The van der Waals surface area contributed by atoms with Gasteiger partial charge >= 0.3 is 6.61 Å². The number of halogens is 2. The third-order valence-electron chi connectivity index (χ3n) is 3.82. The predicted molar refractivity (Wildman–Crippen MR) is 102 cm³/mol. The van der Waals surface area contributed by atoms with Gasteiger partial charge in [-0.1, -0.05) is 24.3 Å². The fourth-order valence-corrected chi connectivity index (χ4v) is 3.39. The van der Waals surface area contributed by atoms with Gasteiger partial charge in [-0.3, -0.25) is 4.99 Å². The van der Waals surface area contributed by atoms with Crippen molar-refractivity contribution >= 4 is 17.3 Å². The molecule has 0 aliphatic rings. The highest BCUT2D eigenvalue weighted by Gasteiger charge is 2.16. The standard InChI is InChI=1S/C18H24F2N4OS/c1-21-18(23-12-14(24(2)3)16-9-6-10-26-16)22-11-13-7-4-5-8-15(13)25-17(19)20/h4-10,14,17H,11-12H2,1-3H3,(H2,21,22,23). The molecule has 0 aliphatic heterocycles. The van der Waals surface area contributed by atoms with E-state index < -0.39 is 6.61 Å². The summed E-state index contributed by atoms with van der Waals surface area (Å²) in [5.74, 6) is 0.760. The predicted octanol–water partition coefficient (Wildman–Crippen LogP) is 3.32. The fourth-order valence-electron chi connectivity index (χ4n) is 2.47. The first-order valence-electron chi connectivity index (χ1n) is 8.18. The van der Waals surface area contributed by atoms with Crippen LogP contribution >= 0.6 is 11.3 Å². The molecule has 142 valence electrons. The molecule has 0 fully saturated rings. The van der Waals surface area contributed by atoms with Crippen molar-refractivity contribution in [1.82, 2.24) is 15.5 Å². The summed E-state index contributed by atoms with van der Waals surface area (Å²) in [5.41, 5.74) is 0.637. The minimum Gasteiger partial charge on any atom is -0.434 e. The Kier molecular flexibility index (Phi) is 7.80. The zero-order chi connectivity index (χ0) is 18.9. The Morgan fingerprint density at radius 2 is 1.96 bits per heavy atom. The topological polar surface area (TPSA) is 48.9 Å². The van der Waals surface area contributed by atoms with Crippen molar-refractivity contribution in [3.63, 3.8) is 0 Å². The quantitative estimate of drug-likeness (QED) is 0.543. The molecule has 2 aromatic rings. The maximum absolute atomic E-state index is 12.5. The molecule has 2 rings (SSSR count). The monoisotopic (exact) mass is 382 g/mol. The number of guanidine groups is 1. The number of para-hydroxylation sites is 1. The summed E-state index contributed by atoms with van der Waals surface area (Å²) in [7, 11) is 5.73. The SMILES string of the molecule is CN=C(NCc1ccccc1OC(F)F)NCC(c1cccs1)N(C)C. The summed E-state index contributed by atoms with van der Waals surface area (Å²) < 4.78 is 29.6. The van der Waals surface area contributed by atoms with E-state index in [1.807, 2.05) is 20.2 Å². The van der Waals surface area contributed by atoms with Gasteiger partial charge in [0.15, 0.2) is 5.96 Å². The van der Waals surface area contributed by atoms with Crippen LogP contribution in [0.1, 0.15) is 16.5 Å². The lowest BCUT2D eigenvalue weighted by Gasteiger charge is -2.24. The van der Waals surface area contributed by atoms with Crippen LogP contribution in [0.5, 0.6) is 5.75 Å². The lowest BCUT2D eigenvalue weighted by molar-refractivity contribution is -0.0504. The molecule has 1 atom stereocenters. The molecule has 1 unspecified atom stereocenters. The number of nitrogens with one attached hydrogen (secondary N) is 2. The minimum atomic E-state index is -2.85. The second-order valence-electron chi connectivity index (χ2n) is 5.79. The maximum atomic E-state index is 12.5. The number of hydrogen-bond acceptors (Lipinski definition) is 4. The molecule has 0 amide bonds. The molecule has 1 heterocycles. The molecule has 1 aromatic carbocycles. The second-order valence-corrected chi connectivity index (χ2v) is 6.77. The summed E-state index contributed by atoms with van der Waals surface area (Å²) in [4.78, 5) is 7.59. The van der Waals surface area contributed by atoms with Gasteiger partial charge in [0.2, 0.25) is 0 Å². The Bertz CT molecular complexity index is 692. The highest BCUT2D eigenvalue weighted by atomic mass is 32.1. The van der Waals surface area contributed by atoms with Crippen LogP contribution in [0.15, 0.2) is 46.8 Å². The molecule has 8 heteroatoms. The summed E-state index contributed by atoms with van der Waals surface area (Å²) in [6.07, 6.45) is 0. The number of thiophene rings is 1. The zero-order valence-electron chi connectivity index (χ0n) is 15.1. The van der Waals surface area contributed by atoms with Gasteiger partial charge in [-0.25, -0.2) is 0 Å². The van der Waals surface area contributed by atoms with Gasteiger partial charge in [-0.05, 0) is 31.6 Å². The van der Waals surface area contributed by atoms with Gasteiger partial charge in [0.1, 0.15) is 5.75 Å². The average Bonchev–Trinajstić information content (AvgIpc) is 3.12. The second kappa shape index (κ2) is 10.1. The van der Waals surface area contributed by atoms with Crippen molar-refractivity contribution in [3.8, 4) is 5.75 Å². The molecule has 0 aliphatic carbocycles. The van der Waals surface area contributed by atoms with Crippen LogP contribution < -0.4 is 15.4 Å². The minimum absolute atomic E-state index is 0.162. The Labute approximate surface area is 156 Å². The number of alkyl halides is 2. The van der Waals surface area contributed by atoms with Gasteiger partial charge in [-0.15, -0.1) is 11.3 Å². The lowest BCUT2D eigenvalue weighted by atomic mass is 10.2. The molecule has 0 saturated carbocycles. The molecule has 5 nitrogen and oxygen atoms in total. The van der Waals surface area contributed by atoms with E-state index in [1.165, 1.54) is 10.9 Å². The van der Waals surface area contributed by atoms with Crippen molar-refractivity contribution in [2.24, 2.45) is 4.99 Å². The van der Waals surface area contributed by atoms with E-state index >= 15 is 0 Å². The van der Waals surface area contributed by atoms with Crippen molar-refractivity contribution < 1.29 is 13.5 Å². The summed E-state index contributed by atoms with van der Waals surface area (Å²) in [5, 5.41) is 8.48. The highest BCUT2D eigenvalue weighted by Crippen LogP contribution is 2.22. The lowest BCUT2D eigenvalue weighted by Crippen LogP contribution is -2.41. The van der Waals surface area contributed by atoms with Crippen molar-refractivity contribution in [2.75, 3.05) is 27.7 Å². The third kappa shape index (κ3) is 5.96. The molecule has 0 saturated heterocycles. The number of hydrogen-bond donors (Lipinski definition) is 2. The Morgan fingerprint density at radius 3 is 2.58 bits per heavy atom. The van der Waals surface area contributed by atoms with Crippen LogP contribution in [0.4, 0.5) is 8.78 Å². The largest absolute Gasteiger partial charge is 0.434 e. The smallest absolute Gasteiger partial charge is 0.387 e. The number of rotatable bonds is 8. The molecule has 0 spiro atoms. The van der Waals surface area contributed by atoms with Gasteiger partial charge in [0.05, 0.1) is 6.04 Å². The first-order valence-corrected chi connectivity index (χ1v) is 9.06. The van der Waals surface area contributed by atoms with Crippen LogP contribution in [0.2, 0.25) is 0 Å². The van der Waals surface area contributed by atoms with Crippen molar-refractivity contribution in [2.45, 2.75) is 19.2 Å². The van der Waals surface area contributed by atoms with Crippen LogP contribution in [0.25, 0.3) is 0 Å². The first kappa shape index (κ1) is 20.1. The van der Waals surface area contributed by atoms with E-state index in [4.69, 9.17) is 0 Å². The highest BCUT2D eigenvalue weighted by molar-refractivity contribution is 7.10. The van der Waals surface area contributed by atoms with E-state index in [2.05, 4.69) is 36.7 Å². The first-order chi connectivity index (χ1) is 12.5. The molecule has 26 heavy (non-hydrogen) atoms. The number of nitrogens with zero attached hydrogens (tertiary/aromatic N) is 2. The van der Waals surface area contributed by atoms with Gasteiger partial charge in [0.25, 0.3) is 0 Å². The summed E-state index contributed by atoms with van der Waals surface area (Å²) in [6, 6.07) is 11.1. The number of ether oxygens (including phenoxy) is 1. The molecule has 0 bridgehead atoms. The Morgan fingerprint density at radius 1 is 1.19 bits per heavy atom. The molecule has 2 N–H and O–H groups in total. The maximum Gasteiger partial charge on any atom is 0.387 e.